The van der Waals surface area contributed by atoms with Gasteiger partial charge in [-0.2, -0.15) is 0 Å². The van der Waals surface area contributed by atoms with E-state index in [0.29, 0.717) is 19.6 Å². The van der Waals surface area contributed by atoms with Gasteiger partial charge in [0.15, 0.2) is 0 Å². The van der Waals surface area contributed by atoms with Crippen molar-refractivity contribution < 1.29 is 47.7 Å². The second-order valence-electron chi connectivity index (χ2n) is 20.4. The maximum absolute atomic E-state index is 13.8. The van der Waals surface area contributed by atoms with Crippen molar-refractivity contribution in [2.24, 2.45) is 0 Å². The van der Waals surface area contributed by atoms with E-state index < -0.39 is 83.0 Å². The van der Waals surface area contributed by atoms with Crippen molar-refractivity contribution >= 4 is 36.2 Å². The number of nitrogens with zero attached hydrogens (tertiary/aromatic N) is 3. The maximum Gasteiger partial charge on any atom is 0.407 e. The molecule has 4 rings (SSSR count). The summed E-state index contributed by atoms with van der Waals surface area (Å²) in [6.07, 6.45) is -2.59. The normalized spacial score (nSPS) is 23.8. The fourth-order valence-corrected chi connectivity index (χ4v) is 7.51. The monoisotopic (exact) mass is 874 g/mol. The Balaban J connectivity index is 1.43. The SMILES string of the molecule is CC(C)(C)OC(=O)N[C@H]1CN(CC(=O)N[C@@H]2CN(Cc3ccccc3)C[C@H]2NC(=O)CN2C[C@H](NC(=O)OC(C)(C)C)[C@@H](NC(=O)OC(C)(C)C)C2)C[C@@H]1NC(=O)OC(C)(C)C. The number of rotatable bonds is 12. The molecule has 0 aromatic heterocycles. The Morgan fingerprint density at radius 2 is 0.694 bits per heavy atom. The van der Waals surface area contributed by atoms with Crippen molar-refractivity contribution in [1.82, 2.24) is 46.6 Å². The number of benzene rings is 1. The van der Waals surface area contributed by atoms with E-state index in [4.69, 9.17) is 18.9 Å². The first kappa shape index (κ1) is 49.8. The zero-order chi connectivity index (χ0) is 46.2. The van der Waals surface area contributed by atoms with Gasteiger partial charge < -0.3 is 50.8 Å². The second-order valence-corrected chi connectivity index (χ2v) is 20.4. The van der Waals surface area contributed by atoms with Gasteiger partial charge in [-0.15, -0.1) is 0 Å². The first-order valence-corrected chi connectivity index (χ1v) is 21.4. The molecular weight excluding hydrogens is 803 g/mol. The highest BCUT2D eigenvalue weighted by molar-refractivity contribution is 5.80. The first-order valence-electron chi connectivity index (χ1n) is 21.4. The van der Waals surface area contributed by atoms with Crippen molar-refractivity contribution in [3.63, 3.8) is 0 Å². The van der Waals surface area contributed by atoms with E-state index in [2.05, 4.69) is 36.8 Å². The van der Waals surface area contributed by atoms with Gasteiger partial charge in [0.05, 0.1) is 49.3 Å². The van der Waals surface area contributed by atoms with Gasteiger partial charge in [-0.05, 0) is 88.6 Å². The maximum atomic E-state index is 13.8. The lowest BCUT2D eigenvalue weighted by molar-refractivity contribution is -0.125. The van der Waals surface area contributed by atoms with Crippen molar-refractivity contribution in [3.05, 3.63) is 35.9 Å². The molecule has 6 amide bonds. The Bertz CT molecular complexity index is 1540. The number of amides is 6. The number of carbonyl (C=O) groups excluding carboxylic acids is 6. The third kappa shape index (κ3) is 17.8. The zero-order valence-electron chi connectivity index (χ0n) is 38.6. The summed E-state index contributed by atoms with van der Waals surface area (Å²) >= 11 is 0. The van der Waals surface area contributed by atoms with Crippen LogP contribution in [0.5, 0.6) is 0 Å². The van der Waals surface area contributed by atoms with E-state index in [1.54, 1.807) is 83.1 Å². The van der Waals surface area contributed by atoms with Crippen LogP contribution in [0, 0.1) is 0 Å². The van der Waals surface area contributed by atoms with Gasteiger partial charge in [0, 0.05) is 45.8 Å². The summed E-state index contributed by atoms with van der Waals surface area (Å²) in [5.41, 5.74) is -1.88. The van der Waals surface area contributed by atoms with E-state index in [1.165, 1.54) is 0 Å². The van der Waals surface area contributed by atoms with Crippen molar-refractivity contribution in [2.75, 3.05) is 52.4 Å². The lowest BCUT2D eigenvalue weighted by atomic mass is 10.1. The molecule has 0 spiro atoms. The number of hydrogen-bond donors (Lipinski definition) is 6. The van der Waals surface area contributed by atoms with Gasteiger partial charge in [0.1, 0.15) is 22.4 Å². The minimum atomic E-state index is -0.741. The van der Waals surface area contributed by atoms with Crippen LogP contribution < -0.4 is 31.9 Å². The number of hydrogen-bond acceptors (Lipinski definition) is 13. The van der Waals surface area contributed by atoms with Crippen LogP contribution in [0.25, 0.3) is 0 Å². The topological polar surface area (TPSA) is 221 Å². The Kier molecular flexibility index (Phi) is 16.5. The van der Waals surface area contributed by atoms with Crippen molar-refractivity contribution in [1.29, 1.82) is 0 Å². The molecule has 62 heavy (non-hydrogen) atoms. The molecule has 0 unspecified atom stereocenters. The van der Waals surface area contributed by atoms with Gasteiger partial charge >= 0.3 is 24.4 Å². The van der Waals surface area contributed by atoms with E-state index in [9.17, 15) is 28.8 Å². The van der Waals surface area contributed by atoms with Crippen LogP contribution in [0.4, 0.5) is 19.2 Å². The van der Waals surface area contributed by atoms with Crippen LogP contribution in [-0.2, 0) is 35.1 Å². The molecule has 1 aromatic carbocycles. The van der Waals surface area contributed by atoms with Crippen LogP contribution in [0.1, 0.15) is 88.6 Å². The summed E-state index contributed by atoms with van der Waals surface area (Å²) in [5.74, 6) is -0.590. The Hall–Kier alpha value is -4.88. The van der Waals surface area contributed by atoms with Gasteiger partial charge in [-0.25, -0.2) is 19.2 Å². The average Bonchev–Trinajstić information content (AvgIpc) is 3.73. The van der Waals surface area contributed by atoms with E-state index in [-0.39, 0.29) is 51.1 Å². The number of alkyl carbamates (subject to hydrolysis) is 4. The molecule has 0 bridgehead atoms. The number of ether oxygens (including phenoxy) is 4. The number of nitrogens with one attached hydrogen (secondary N) is 6. The quantitative estimate of drug-likeness (QED) is 0.167. The summed E-state index contributed by atoms with van der Waals surface area (Å²) in [5, 5.41) is 17.6. The largest absolute Gasteiger partial charge is 0.444 e. The molecule has 348 valence electrons. The Labute approximate surface area is 366 Å². The van der Waals surface area contributed by atoms with Crippen molar-refractivity contribution in [2.45, 2.75) is 148 Å². The molecule has 6 N–H and O–H groups in total. The van der Waals surface area contributed by atoms with Crippen LogP contribution in [0.3, 0.4) is 0 Å². The highest BCUT2D eigenvalue weighted by Gasteiger charge is 2.41. The van der Waals surface area contributed by atoms with Crippen LogP contribution in [0.15, 0.2) is 30.3 Å². The highest BCUT2D eigenvalue weighted by Crippen LogP contribution is 2.19. The summed E-state index contributed by atoms with van der Waals surface area (Å²) in [7, 11) is 0. The number of likely N-dealkylation sites (tertiary alicyclic amines) is 3. The molecule has 19 nitrogen and oxygen atoms in total. The molecule has 3 fully saturated rings. The van der Waals surface area contributed by atoms with Crippen LogP contribution in [0.2, 0.25) is 0 Å². The van der Waals surface area contributed by atoms with E-state index in [0.717, 1.165) is 5.56 Å². The van der Waals surface area contributed by atoms with Gasteiger partial charge in [0.2, 0.25) is 11.8 Å². The number of carbonyl (C=O) groups is 6. The Morgan fingerprint density at radius 3 is 0.968 bits per heavy atom. The van der Waals surface area contributed by atoms with Gasteiger partial charge in [0.25, 0.3) is 0 Å². The molecule has 3 heterocycles. The third-order valence-corrected chi connectivity index (χ3v) is 9.67. The van der Waals surface area contributed by atoms with Gasteiger partial charge in [-0.3, -0.25) is 24.3 Å². The summed E-state index contributed by atoms with van der Waals surface area (Å²) in [6, 6.07) is 6.70. The second kappa shape index (κ2) is 20.5. The molecule has 3 aliphatic heterocycles. The zero-order valence-corrected chi connectivity index (χ0v) is 38.6. The molecular formula is C43H71N9O10. The van der Waals surface area contributed by atoms with E-state index in [1.807, 2.05) is 40.1 Å². The van der Waals surface area contributed by atoms with Gasteiger partial charge in [-0.1, -0.05) is 30.3 Å². The summed E-state index contributed by atoms with van der Waals surface area (Å²) < 4.78 is 21.9. The Morgan fingerprint density at radius 1 is 0.435 bits per heavy atom. The predicted octanol–water partition coefficient (Wildman–Crippen LogP) is 2.68. The van der Waals surface area contributed by atoms with Crippen LogP contribution >= 0.6 is 0 Å². The van der Waals surface area contributed by atoms with Crippen molar-refractivity contribution in [3.8, 4) is 0 Å². The lowest BCUT2D eigenvalue weighted by Gasteiger charge is -2.26. The lowest BCUT2D eigenvalue weighted by Crippen LogP contribution is -2.54. The smallest absolute Gasteiger partial charge is 0.407 e. The minimum Gasteiger partial charge on any atom is -0.444 e. The molecule has 0 saturated carbocycles. The highest BCUT2D eigenvalue weighted by atomic mass is 16.6. The fourth-order valence-electron chi connectivity index (χ4n) is 7.51. The predicted molar refractivity (Wildman–Crippen MR) is 231 cm³/mol. The summed E-state index contributed by atoms with van der Waals surface area (Å²) in [6.45, 7) is 23.5. The fraction of sp³-hybridized carbons (Fsp3) is 0.721. The summed E-state index contributed by atoms with van der Waals surface area (Å²) in [4.78, 5) is 84.5. The van der Waals surface area contributed by atoms with E-state index >= 15 is 0 Å². The molecule has 6 atom stereocenters. The first-order chi connectivity index (χ1) is 28.6. The third-order valence-electron chi connectivity index (χ3n) is 9.67. The molecule has 1 aromatic rings. The molecule has 0 radical (unpaired) electrons. The molecule has 3 aliphatic rings. The molecule has 19 heteroatoms. The average molecular weight is 874 g/mol. The molecule has 3 saturated heterocycles. The standard InChI is InChI=1S/C43H71N9O10/c1-40(2,3)59-36(55)46-30-21-51(22-31(30)47-37(56)60-41(4,5)6)25-34(53)44-28-19-50(18-27-16-14-13-15-17-27)20-29(28)45-35(54)26-52-23-32(48-38(57)61-42(7,8)9)33(24-52)49-39(58)62-43(10,11)12/h13-17,28-33H,18-26H2,1-12H3,(H,44,53)(H,45,54)(H,46,55)(H,47,56)(H,48,57)(H,49,58)/t28-,29-,30+,31+,32+,33+/m1/s1. The van der Waals surface area contributed by atoms with Crippen LogP contribution in [-0.4, -0.2) is 162 Å². The molecule has 0 aliphatic carbocycles. The minimum absolute atomic E-state index is 0.0410.